The van der Waals surface area contributed by atoms with Crippen molar-refractivity contribution in [2.24, 2.45) is 0 Å². The van der Waals surface area contributed by atoms with Crippen molar-refractivity contribution >= 4 is 36.5 Å². The first-order valence-corrected chi connectivity index (χ1v) is 12.0. The van der Waals surface area contributed by atoms with Crippen LogP contribution in [0.15, 0.2) is 23.1 Å². The molecule has 1 aromatic heterocycles. The number of nitrogens with one attached hydrogen (secondary N) is 1. The van der Waals surface area contributed by atoms with Crippen LogP contribution >= 0.6 is 11.3 Å². The molecular weight excluding hydrogens is 396 g/mol. The number of fused-ring (bicyclic) bond motifs is 1. The Balaban J connectivity index is 1.60. The number of benzene rings is 1. The Labute approximate surface area is 156 Å². The Morgan fingerprint density at radius 1 is 1.15 bits per heavy atom. The number of rotatable bonds is 5. The van der Waals surface area contributed by atoms with Crippen LogP contribution in [0.5, 0.6) is 0 Å². The Bertz CT molecular complexity index is 1060. The summed E-state index contributed by atoms with van der Waals surface area (Å²) in [5.74, 6) is 0. The molecule has 1 aliphatic carbocycles. The lowest BCUT2D eigenvalue weighted by atomic mass is 10.0. The monoisotopic (exact) mass is 414 g/mol. The van der Waals surface area contributed by atoms with E-state index in [9.17, 15) is 16.8 Å². The second kappa shape index (κ2) is 6.25. The largest absolute Gasteiger partial charge is 0.263 e. The van der Waals surface area contributed by atoms with E-state index in [-0.39, 0.29) is 21.8 Å². The van der Waals surface area contributed by atoms with Crippen molar-refractivity contribution in [3.63, 3.8) is 0 Å². The molecule has 140 valence electrons. The van der Waals surface area contributed by atoms with Crippen molar-refractivity contribution in [3.8, 4) is 0 Å². The maximum Gasteiger partial charge on any atom is 0.263 e. The van der Waals surface area contributed by atoms with Gasteiger partial charge in [-0.15, -0.1) is 10.2 Å². The van der Waals surface area contributed by atoms with Crippen LogP contribution in [0.3, 0.4) is 0 Å². The summed E-state index contributed by atoms with van der Waals surface area (Å²) in [7, 11) is -7.07. The molecule has 2 heterocycles. The molecule has 0 amide bonds. The number of hydrogen-bond acceptors (Lipinski definition) is 7. The third-order valence-electron chi connectivity index (χ3n) is 4.52. The molecule has 11 heteroatoms. The van der Waals surface area contributed by atoms with E-state index in [1.165, 1.54) is 4.31 Å². The fourth-order valence-corrected chi connectivity index (χ4v) is 6.67. The topological polar surface area (TPSA) is 109 Å². The molecule has 0 bridgehead atoms. The molecule has 0 unspecified atom stereocenters. The number of aryl methyl sites for hydroxylation is 1. The van der Waals surface area contributed by atoms with Gasteiger partial charge in [-0.05, 0) is 49.4 Å². The Hall–Kier alpha value is -1.56. The maximum absolute atomic E-state index is 12.6. The zero-order valence-electron chi connectivity index (χ0n) is 14.0. The number of hydrogen-bond donors (Lipinski definition) is 1. The minimum absolute atomic E-state index is 0.0924. The molecule has 8 nitrogen and oxygen atoms in total. The van der Waals surface area contributed by atoms with E-state index in [1.54, 1.807) is 25.1 Å². The Morgan fingerprint density at radius 3 is 2.58 bits per heavy atom. The quantitative estimate of drug-likeness (QED) is 0.794. The smallest absolute Gasteiger partial charge is 0.253 e. The third kappa shape index (κ3) is 3.36. The molecule has 4 rings (SSSR count). The first kappa shape index (κ1) is 17.8. The zero-order valence-corrected chi connectivity index (χ0v) is 16.5. The number of aromatic nitrogens is 2. The maximum atomic E-state index is 12.6. The van der Waals surface area contributed by atoms with Crippen molar-refractivity contribution in [2.75, 3.05) is 11.3 Å². The van der Waals surface area contributed by atoms with Crippen molar-refractivity contribution < 1.29 is 16.8 Å². The predicted molar refractivity (Wildman–Crippen MR) is 98.0 cm³/mol. The van der Waals surface area contributed by atoms with Gasteiger partial charge in [-0.1, -0.05) is 17.4 Å². The van der Waals surface area contributed by atoms with E-state index in [0.29, 0.717) is 30.8 Å². The predicted octanol–water partition coefficient (Wildman–Crippen LogP) is 1.50. The molecule has 2 aliphatic rings. The summed E-state index contributed by atoms with van der Waals surface area (Å²) in [5, 5.41) is 8.17. The van der Waals surface area contributed by atoms with Crippen LogP contribution in [0.4, 0.5) is 5.13 Å². The lowest BCUT2D eigenvalue weighted by Crippen LogP contribution is -2.38. The zero-order chi connectivity index (χ0) is 18.5. The first-order chi connectivity index (χ1) is 12.3. The van der Waals surface area contributed by atoms with E-state index >= 15 is 0 Å². The standard InChI is InChI=1S/C15H18N4O4S3/c1-10-16-17-15(24-10)18-25(20,21)14-3-2-11-6-7-19(9-12(11)8-14)26(22,23)13-4-5-13/h2-3,8,13H,4-7,9H2,1H3,(H,17,18). The van der Waals surface area contributed by atoms with Crippen molar-refractivity contribution in [1.82, 2.24) is 14.5 Å². The van der Waals surface area contributed by atoms with Crippen LogP contribution < -0.4 is 4.72 Å². The van der Waals surface area contributed by atoms with Crippen LogP contribution in [0.1, 0.15) is 29.0 Å². The van der Waals surface area contributed by atoms with Crippen LogP contribution in [0, 0.1) is 6.92 Å². The van der Waals surface area contributed by atoms with Gasteiger partial charge in [-0.25, -0.2) is 16.8 Å². The van der Waals surface area contributed by atoms with Gasteiger partial charge in [0.2, 0.25) is 15.2 Å². The van der Waals surface area contributed by atoms with Gasteiger partial charge in [0, 0.05) is 13.1 Å². The lowest BCUT2D eigenvalue weighted by Gasteiger charge is -2.28. The number of anilines is 1. The molecule has 0 atom stereocenters. The van der Waals surface area contributed by atoms with Crippen LogP contribution in [0.25, 0.3) is 0 Å². The average molecular weight is 415 g/mol. The summed E-state index contributed by atoms with van der Waals surface area (Å²) in [6.07, 6.45) is 2.02. The number of nitrogens with zero attached hydrogens (tertiary/aromatic N) is 3. The van der Waals surface area contributed by atoms with Crippen molar-refractivity contribution in [1.29, 1.82) is 0 Å². The van der Waals surface area contributed by atoms with Gasteiger partial charge in [-0.2, -0.15) is 4.31 Å². The Kier molecular flexibility index (Phi) is 4.29. The highest BCUT2D eigenvalue weighted by Crippen LogP contribution is 2.34. The molecule has 0 saturated heterocycles. The third-order valence-corrected chi connectivity index (χ3v) is 9.08. The molecule has 1 saturated carbocycles. The fourth-order valence-electron chi connectivity index (χ4n) is 2.98. The van der Waals surface area contributed by atoms with Crippen molar-refractivity contribution in [2.45, 2.75) is 42.9 Å². The molecule has 1 aromatic carbocycles. The van der Waals surface area contributed by atoms with E-state index in [1.807, 2.05) is 0 Å². The van der Waals surface area contributed by atoms with Gasteiger partial charge in [0.15, 0.2) is 0 Å². The van der Waals surface area contributed by atoms with Crippen molar-refractivity contribution in [3.05, 3.63) is 34.3 Å². The van der Waals surface area contributed by atoms with Gasteiger partial charge in [-0.3, -0.25) is 4.72 Å². The van der Waals surface area contributed by atoms with E-state index in [2.05, 4.69) is 14.9 Å². The highest BCUT2D eigenvalue weighted by Gasteiger charge is 2.41. The second-order valence-electron chi connectivity index (χ2n) is 6.49. The molecule has 26 heavy (non-hydrogen) atoms. The van der Waals surface area contributed by atoms with Crippen LogP contribution in [-0.4, -0.2) is 43.1 Å². The first-order valence-electron chi connectivity index (χ1n) is 8.19. The van der Waals surface area contributed by atoms with E-state index < -0.39 is 20.0 Å². The van der Waals surface area contributed by atoms with E-state index in [4.69, 9.17) is 0 Å². The van der Waals surface area contributed by atoms with Crippen LogP contribution in [-0.2, 0) is 33.0 Å². The van der Waals surface area contributed by atoms with E-state index in [0.717, 1.165) is 22.5 Å². The molecule has 1 N–H and O–H groups in total. The molecule has 0 spiro atoms. The SMILES string of the molecule is Cc1nnc(NS(=O)(=O)c2ccc3c(c2)CN(S(=O)(=O)C2CC2)CC3)s1. The Morgan fingerprint density at radius 2 is 1.92 bits per heavy atom. The summed E-state index contributed by atoms with van der Waals surface area (Å²) < 4.78 is 54.0. The van der Waals surface area contributed by atoms with Gasteiger partial charge in [0.1, 0.15) is 5.01 Å². The summed E-state index contributed by atoms with van der Waals surface area (Å²) in [4.78, 5) is 0.0924. The molecule has 1 fully saturated rings. The summed E-state index contributed by atoms with van der Waals surface area (Å²) >= 11 is 1.15. The lowest BCUT2D eigenvalue weighted by molar-refractivity contribution is 0.390. The fraction of sp³-hybridized carbons (Fsp3) is 0.467. The van der Waals surface area contributed by atoms with Gasteiger partial charge in [0.05, 0.1) is 10.1 Å². The van der Waals surface area contributed by atoms with Gasteiger partial charge >= 0.3 is 0 Å². The highest BCUT2D eigenvalue weighted by atomic mass is 32.2. The highest BCUT2D eigenvalue weighted by molar-refractivity contribution is 7.93. The molecule has 1 aliphatic heterocycles. The molecular formula is C15H18N4O4S3. The van der Waals surface area contributed by atoms with Crippen LogP contribution in [0.2, 0.25) is 0 Å². The minimum Gasteiger partial charge on any atom is -0.253 e. The second-order valence-corrected chi connectivity index (χ2v) is 11.6. The molecule has 2 aromatic rings. The van der Waals surface area contributed by atoms with Gasteiger partial charge in [0.25, 0.3) is 10.0 Å². The van der Waals surface area contributed by atoms with Gasteiger partial charge < -0.3 is 0 Å². The average Bonchev–Trinajstić information content (AvgIpc) is 3.38. The summed E-state index contributed by atoms with van der Waals surface area (Å²) in [6.45, 7) is 2.40. The normalized spacial score (nSPS) is 18.5. The summed E-state index contributed by atoms with van der Waals surface area (Å²) in [6, 6.07) is 4.86. The summed E-state index contributed by atoms with van der Waals surface area (Å²) in [5.41, 5.74) is 1.72. The molecule has 0 radical (unpaired) electrons. The number of sulfonamides is 2. The minimum atomic E-state index is -3.80.